The van der Waals surface area contributed by atoms with Crippen LogP contribution < -0.4 is 9.47 Å². The third kappa shape index (κ3) is 6.69. The first-order valence-corrected chi connectivity index (χ1v) is 12.5. The molecule has 0 atom stereocenters. The Morgan fingerprint density at radius 2 is 1.56 bits per heavy atom. The number of ether oxygens (including phenoxy) is 2. The van der Waals surface area contributed by atoms with Gasteiger partial charge >= 0.3 is 0 Å². The summed E-state index contributed by atoms with van der Waals surface area (Å²) in [6.07, 6.45) is 2.51. The first-order valence-electron chi connectivity index (χ1n) is 10.4. The highest BCUT2D eigenvalue weighted by atomic mass is 32.2. The molecule has 6 heteroatoms. The van der Waals surface area contributed by atoms with Crippen LogP contribution in [0.25, 0.3) is 11.1 Å². The fourth-order valence-electron chi connectivity index (χ4n) is 3.60. The number of hydrogen-bond acceptors (Lipinski definition) is 5. The summed E-state index contributed by atoms with van der Waals surface area (Å²) in [5.41, 5.74) is 6.08. The number of aldehydes is 1. The van der Waals surface area contributed by atoms with Crippen LogP contribution in [0.1, 0.15) is 33.5 Å². The van der Waals surface area contributed by atoms with Crippen molar-refractivity contribution in [2.75, 3.05) is 18.6 Å². The molecule has 0 heterocycles. The molecule has 0 unspecified atom stereocenters. The predicted molar refractivity (Wildman–Crippen MR) is 127 cm³/mol. The molecule has 0 bridgehead atoms. The van der Waals surface area contributed by atoms with Gasteiger partial charge in [-0.25, -0.2) is 8.42 Å². The van der Waals surface area contributed by atoms with Crippen molar-refractivity contribution < 1.29 is 22.7 Å². The Morgan fingerprint density at radius 3 is 2.19 bits per heavy atom. The van der Waals surface area contributed by atoms with Crippen molar-refractivity contribution in [1.82, 2.24) is 0 Å². The summed E-state index contributed by atoms with van der Waals surface area (Å²) in [6.45, 7) is 4.88. The van der Waals surface area contributed by atoms with Gasteiger partial charge in [0.2, 0.25) is 0 Å². The van der Waals surface area contributed by atoms with E-state index in [0.29, 0.717) is 30.9 Å². The number of hydrogen-bond donors (Lipinski definition) is 0. The maximum atomic E-state index is 11.3. The number of aryl methyl sites for hydroxylation is 2. The lowest BCUT2D eigenvalue weighted by Crippen LogP contribution is -2.08. The van der Waals surface area contributed by atoms with Crippen LogP contribution in [0, 0.1) is 13.8 Å². The molecule has 32 heavy (non-hydrogen) atoms. The van der Waals surface area contributed by atoms with Crippen molar-refractivity contribution in [2.24, 2.45) is 0 Å². The molecule has 0 saturated heterocycles. The molecular weight excluding hydrogens is 424 g/mol. The highest BCUT2D eigenvalue weighted by Gasteiger charge is 2.10. The van der Waals surface area contributed by atoms with Gasteiger partial charge in [-0.2, -0.15) is 0 Å². The minimum atomic E-state index is -2.97. The molecule has 0 aliphatic heterocycles. The van der Waals surface area contributed by atoms with Gasteiger partial charge < -0.3 is 9.47 Å². The van der Waals surface area contributed by atoms with Crippen molar-refractivity contribution >= 4 is 16.1 Å². The Balaban J connectivity index is 1.69. The average Bonchev–Trinajstić information content (AvgIpc) is 2.75. The number of carbonyl (C=O) groups is 1. The molecule has 0 saturated carbocycles. The van der Waals surface area contributed by atoms with E-state index in [0.717, 1.165) is 39.9 Å². The van der Waals surface area contributed by atoms with E-state index in [9.17, 15) is 13.2 Å². The first kappa shape index (κ1) is 23.5. The van der Waals surface area contributed by atoms with Crippen LogP contribution in [0.5, 0.6) is 11.5 Å². The minimum Gasteiger partial charge on any atom is -0.494 e. The van der Waals surface area contributed by atoms with E-state index in [1.54, 1.807) is 24.3 Å². The molecule has 0 aliphatic carbocycles. The highest BCUT2D eigenvalue weighted by Crippen LogP contribution is 2.32. The van der Waals surface area contributed by atoms with Gasteiger partial charge in [-0.3, -0.25) is 4.79 Å². The van der Waals surface area contributed by atoms with E-state index in [2.05, 4.69) is 12.1 Å². The van der Waals surface area contributed by atoms with Crippen molar-refractivity contribution in [1.29, 1.82) is 0 Å². The number of sulfone groups is 1. The lowest BCUT2D eigenvalue weighted by atomic mass is 9.94. The third-order valence-electron chi connectivity index (χ3n) is 5.07. The molecule has 0 N–H and O–H groups in total. The van der Waals surface area contributed by atoms with E-state index in [1.165, 1.54) is 6.26 Å². The zero-order valence-corrected chi connectivity index (χ0v) is 19.4. The maximum absolute atomic E-state index is 11.3. The molecule has 3 aromatic rings. The Bertz CT molecular complexity index is 1160. The largest absolute Gasteiger partial charge is 0.494 e. The minimum absolute atomic E-state index is 0.124. The molecule has 0 radical (unpaired) electrons. The molecule has 3 aromatic carbocycles. The van der Waals surface area contributed by atoms with E-state index in [4.69, 9.17) is 9.47 Å². The van der Waals surface area contributed by atoms with E-state index in [1.807, 2.05) is 38.1 Å². The van der Waals surface area contributed by atoms with Crippen LogP contribution in [0.2, 0.25) is 0 Å². The standard InChI is InChI=1S/C26H28O5S/c1-19-14-25(30-12-5-13-32(3,28)29)15-20(2)26(19)23-7-4-6-22(16-23)18-31-24-10-8-21(17-27)9-11-24/h4,6-11,14-17H,5,12-13,18H2,1-3H3. The third-order valence-corrected chi connectivity index (χ3v) is 6.10. The van der Waals surface area contributed by atoms with Gasteiger partial charge in [-0.1, -0.05) is 18.2 Å². The van der Waals surface area contributed by atoms with Crippen LogP contribution in [-0.2, 0) is 16.4 Å². The molecule has 0 aliphatic rings. The van der Waals surface area contributed by atoms with Crippen LogP contribution in [-0.4, -0.2) is 33.3 Å². The van der Waals surface area contributed by atoms with Crippen molar-refractivity contribution in [3.8, 4) is 22.6 Å². The topological polar surface area (TPSA) is 69.7 Å². The Hall–Kier alpha value is -3.12. The molecule has 5 nitrogen and oxygen atoms in total. The van der Waals surface area contributed by atoms with Gasteiger partial charge in [-0.05, 0) is 90.6 Å². The lowest BCUT2D eigenvalue weighted by Gasteiger charge is -2.15. The maximum Gasteiger partial charge on any atom is 0.150 e. The Morgan fingerprint density at radius 1 is 0.875 bits per heavy atom. The monoisotopic (exact) mass is 452 g/mol. The summed E-state index contributed by atoms with van der Waals surface area (Å²) in [5, 5.41) is 0. The van der Waals surface area contributed by atoms with Gasteiger partial charge in [-0.15, -0.1) is 0 Å². The van der Waals surface area contributed by atoms with Crippen molar-refractivity contribution in [2.45, 2.75) is 26.9 Å². The van der Waals surface area contributed by atoms with Gasteiger partial charge in [0, 0.05) is 11.8 Å². The second kappa shape index (κ2) is 10.5. The lowest BCUT2D eigenvalue weighted by molar-refractivity contribution is 0.112. The van der Waals surface area contributed by atoms with E-state index in [-0.39, 0.29) is 5.75 Å². The van der Waals surface area contributed by atoms with Gasteiger partial charge in [0.25, 0.3) is 0 Å². The number of rotatable bonds is 10. The van der Waals surface area contributed by atoms with Crippen LogP contribution >= 0.6 is 0 Å². The average molecular weight is 453 g/mol. The number of benzene rings is 3. The van der Waals surface area contributed by atoms with Crippen LogP contribution in [0.4, 0.5) is 0 Å². The quantitative estimate of drug-likeness (QED) is 0.313. The van der Waals surface area contributed by atoms with Crippen molar-refractivity contribution in [3.63, 3.8) is 0 Å². The zero-order chi connectivity index (χ0) is 23.1. The summed E-state index contributed by atoms with van der Waals surface area (Å²) in [4.78, 5) is 10.8. The molecular formula is C26H28O5S. The Labute approximate surface area is 189 Å². The predicted octanol–water partition coefficient (Wildman–Crippen LogP) is 5.18. The second-order valence-electron chi connectivity index (χ2n) is 7.94. The summed E-state index contributed by atoms with van der Waals surface area (Å²) in [7, 11) is -2.97. The highest BCUT2D eigenvalue weighted by molar-refractivity contribution is 7.90. The summed E-state index contributed by atoms with van der Waals surface area (Å²) in [5.74, 6) is 1.58. The molecule has 0 fully saturated rings. The molecule has 0 aromatic heterocycles. The van der Waals surface area contributed by atoms with Gasteiger partial charge in [0.1, 0.15) is 34.2 Å². The summed E-state index contributed by atoms with van der Waals surface area (Å²) < 4.78 is 34.1. The van der Waals surface area contributed by atoms with Crippen molar-refractivity contribution in [3.05, 3.63) is 82.9 Å². The normalized spacial score (nSPS) is 11.2. The van der Waals surface area contributed by atoms with Crippen LogP contribution in [0.3, 0.4) is 0 Å². The summed E-state index contributed by atoms with van der Waals surface area (Å²) in [6, 6.07) is 19.2. The van der Waals surface area contributed by atoms with Crippen LogP contribution in [0.15, 0.2) is 60.7 Å². The SMILES string of the molecule is Cc1cc(OCCCS(C)(=O)=O)cc(C)c1-c1cccc(COc2ccc(C=O)cc2)c1. The Kier molecular flexibility index (Phi) is 7.70. The fourth-order valence-corrected chi connectivity index (χ4v) is 4.24. The second-order valence-corrected chi connectivity index (χ2v) is 10.2. The smallest absolute Gasteiger partial charge is 0.150 e. The van der Waals surface area contributed by atoms with Gasteiger partial charge in [0.15, 0.2) is 0 Å². The molecule has 168 valence electrons. The molecule has 0 amide bonds. The number of carbonyl (C=O) groups excluding carboxylic acids is 1. The molecule has 0 spiro atoms. The van der Waals surface area contributed by atoms with Gasteiger partial charge in [0.05, 0.1) is 12.4 Å². The van der Waals surface area contributed by atoms with E-state index >= 15 is 0 Å². The zero-order valence-electron chi connectivity index (χ0n) is 18.6. The first-order chi connectivity index (χ1) is 15.2. The summed E-state index contributed by atoms with van der Waals surface area (Å²) >= 11 is 0. The van der Waals surface area contributed by atoms with E-state index < -0.39 is 9.84 Å². The molecule has 3 rings (SSSR count). The fraction of sp³-hybridized carbons (Fsp3) is 0.269.